The molecular weight excluding hydrogens is 435 g/mol. The maximum Gasteiger partial charge on any atom is 0.417 e. The number of nitrogens with zero attached hydrogens (tertiary/aromatic N) is 3. The fourth-order valence-corrected chi connectivity index (χ4v) is 3.10. The van der Waals surface area contributed by atoms with E-state index in [1.165, 1.54) is 16.8 Å². The Morgan fingerprint density at radius 2 is 1.33 bits per heavy atom. The van der Waals surface area contributed by atoms with Crippen molar-refractivity contribution < 1.29 is 22.8 Å². The van der Waals surface area contributed by atoms with Gasteiger partial charge >= 0.3 is 12.1 Å². The van der Waals surface area contributed by atoms with Gasteiger partial charge in [0.05, 0.1) is 16.8 Å². The standard InChI is InChI=1S/C23H16F3N5O2/c24-23(25,26)18-14-8-7-13-17(18)21(32)28-29-22(33)19-27-20(15-9-3-1-4-10-15)31(30-19)16-11-5-2-6-12-16/h1-14H,(H,28,32)(H,29,33). The van der Waals surface area contributed by atoms with Crippen LogP contribution in [0.5, 0.6) is 0 Å². The molecule has 10 heteroatoms. The van der Waals surface area contributed by atoms with E-state index in [0.29, 0.717) is 17.1 Å². The molecule has 7 nitrogen and oxygen atoms in total. The highest BCUT2D eigenvalue weighted by Crippen LogP contribution is 2.31. The molecule has 0 aliphatic carbocycles. The summed E-state index contributed by atoms with van der Waals surface area (Å²) in [6.07, 6.45) is -4.72. The third-order valence-corrected chi connectivity index (χ3v) is 4.61. The topological polar surface area (TPSA) is 88.9 Å². The molecule has 4 rings (SSSR count). The summed E-state index contributed by atoms with van der Waals surface area (Å²) in [5.41, 5.74) is 3.66. The van der Waals surface area contributed by atoms with E-state index in [2.05, 4.69) is 15.5 Å². The Bertz CT molecular complexity index is 1230. The summed E-state index contributed by atoms with van der Waals surface area (Å²) < 4.78 is 40.9. The molecular formula is C23H16F3N5O2. The van der Waals surface area contributed by atoms with Crippen molar-refractivity contribution in [3.05, 3.63) is 102 Å². The van der Waals surface area contributed by atoms with Crippen LogP contribution in [-0.2, 0) is 6.18 Å². The van der Waals surface area contributed by atoms with Crippen LogP contribution < -0.4 is 10.9 Å². The highest BCUT2D eigenvalue weighted by atomic mass is 19.4. The summed E-state index contributed by atoms with van der Waals surface area (Å²) in [4.78, 5) is 29.2. The van der Waals surface area contributed by atoms with Crippen molar-refractivity contribution in [1.29, 1.82) is 0 Å². The average Bonchev–Trinajstić information content (AvgIpc) is 3.29. The first kappa shape index (κ1) is 21.8. The largest absolute Gasteiger partial charge is 0.417 e. The monoisotopic (exact) mass is 451 g/mol. The highest BCUT2D eigenvalue weighted by Gasteiger charge is 2.35. The molecule has 0 bridgehead atoms. The van der Waals surface area contributed by atoms with E-state index in [9.17, 15) is 22.8 Å². The van der Waals surface area contributed by atoms with Crippen molar-refractivity contribution in [2.75, 3.05) is 0 Å². The molecule has 4 aromatic rings. The van der Waals surface area contributed by atoms with Crippen molar-refractivity contribution in [1.82, 2.24) is 25.6 Å². The second-order valence-electron chi connectivity index (χ2n) is 6.82. The van der Waals surface area contributed by atoms with E-state index in [-0.39, 0.29) is 5.82 Å². The summed E-state index contributed by atoms with van der Waals surface area (Å²) in [6.45, 7) is 0. The number of amides is 2. The van der Waals surface area contributed by atoms with Crippen molar-refractivity contribution in [2.24, 2.45) is 0 Å². The van der Waals surface area contributed by atoms with E-state index >= 15 is 0 Å². The second-order valence-corrected chi connectivity index (χ2v) is 6.82. The lowest BCUT2D eigenvalue weighted by Crippen LogP contribution is -2.42. The first-order chi connectivity index (χ1) is 15.8. The van der Waals surface area contributed by atoms with Gasteiger partial charge in [-0.05, 0) is 24.3 Å². The normalized spacial score (nSPS) is 11.1. The number of rotatable bonds is 4. The van der Waals surface area contributed by atoms with Crippen molar-refractivity contribution in [3.63, 3.8) is 0 Å². The van der Waals surface area contributed by atoms with Gasteiger partial charge in [-0.25, -0.2) is 9.67 Å². The molecule has 3 aromatic carbocycles. The van der Waals surface area contributed by atoms with Crippen LogP contribution in [0.15, 0.2) is 84.9 Å². The number of carbonyl (C=O) groups excluding carboxylic acids is 2. The summed E-state index contributed by atoms with van der Waals surface area (Å²) in [6, 6.07) is 22.2. The lowest BCUT2D eigenvalue weighted by Gasteiger charge is -2.12. The molecule has 0 saturated heterocycles. The maximum atomic E-state index is 13.2. The van der Waals surface area contributed by atoms with Crippen molar-refractivity contribution in [2.45, 2.75) is 6.18 Å². The third kappa shape index (κ3) is 4.74. The van der Waals surface area contributed by atoms with Crippen LogP contribution in [-0.4, -0.2) is 26.6 Å². The van der Waals surface area contributed by atoms with E-state index in [4.69, 9.17) is 0 Å². The van der Waals surface area contributed by atoms with Crippen LogP contribution in [0.3, 0.4) is 0 Å². The summed E-state index contributed by atoms with van der Waals surface area (Å²) in [7, 11) is 0. The van der Waals surface area contributed by atoms with E-state index in [0.717, 1.165) is 12.1 Å². The number of benzene rings is 3. The predicted octanol–water partition coefficient (Wildman–Crippen LogP) is 4.03. The predicted molar refractivity (Wildman–Crippen MR) is 113 cm³/mol. The van der Waals surface area contributed by atoms with Gasteiger partial charge in [0.15, 0.2) is 5.82 Å². The number of halogens is 3. The Labute approximate surface area is 185 Å². The quantitative estimate of drug-likeness (QED) is 0.459. The molecule has 1 heterocycles. The van der Waals surface area contributed by atoms with Crippen LogP contribution in [0.25, 0.3) is 17.1 Å². The zero-order chi connectivity index (χ0) is 23.4. The summed E-state index contributed by atoms with van der Waals surface area (Å²) in [5.74, 6) is -1.91. The number of hydrazine groups is 1. The minimum atomic E-state index is -4.72. The van der Waals surface area contributed by atoms with Crippen LogP contribution in [0.2, 0.25) is 0 Å². The van der Waals surface area contributed by atoms with Crippen LogP contribution in [0, 0.1) is 0 Å². The molecule has 2 N–H and O–H groups in total. The molecule has 33 heavy (non-hydrogen) atoms. The number of hydrogen-bond donors (Lipinski definition) is 2. The van der Waals surface area contributed by atoms with E-state index < -0.39 is 29.1 Å². The van der Waals surface area contributed by atoms with E-state index in [1.54, 1.807) is 48.5 Å². The molecule has 0 fully saturated rings. The maximum absolute atomic E-state index is 13.2. The highest BCUT2D eigenvalue weighted by molar-refractivity contribution is 5.98. The van der Waals surface area contributed by atoms with Gasteiger partial charge < -0.3 is 0 Å². The number of hydrogen-bond acceptors (Lipinski definition) is 4. The van der Waals surface area contributed by atoms with E-state index in [1.807, 2.05) is 17.6 Å². The number of para-hydroxylation sites is 1. The SMILES string of the molecule is O=C(NNC(=O)c1ccccc1C(F)(F)F)c1nc(-c2ccccc2)n(-c2ccccc2)n1. The van der Waals surface area contributed by atoms with Gasteiger partial charge in [0.2, 0.25) is 5.82 Å². The minimum Gasteiger partial charge on any atom is -0.267 e. The minimum absolute atomic E-state index is 0.276. The Morgan fingerprint density at radius 3 is 2.00 bits per heavy atom. The van der Waals surface area contributed by atoms with Gasteiger partial charge in [-0.3, -0.25) is 20.4 Å². The Morgan fingerprint density at radius 1 is 0.758 bits per heavy atom. The van der Waals surface area contributed by atoms with Gasteiger partial charge in [0, 0.05) is 5.56 Å². The van der Waals surface area contributed by atoms with Crippen LogP contribution in [0.4, 0.5) is 13.2 Å². The zero-order valence-corrected chi connectivity index (χ0v) is 16.9. The first-order valence-corrected chi connectivity index (χ1v) is 9.69. The average molecular weight is 451 g/mol. The van der Waals surface area contributed by atoms with Crippen LogP contribution in [0.1, 0.15) is 26.5 Å². The Balaban J connectivity index is 1.59. The number of carbonyl (C=O) groups is 2. The number of nitrogens with one attached hydrogen (secondary N) is 2. The van der Waals surface area contributed by atoms with Crippen molar-refractivity contribution in [3.8, 4) is 17.1 Å². The molecule has 1 aromatic heterocycles. The molecule has 2 amide bonds. The molecule has 0 saturated carbocycles. The number of alkyl halides is 3. The van der Waals surface area contributed by atoms with Gasteiger partial charge in [0.1, 0.15) is 0 Å². The summed E-state index contributed by atoms with van der Waals surface area (Å²) >= 11 is 0. The molecule has 0 radical (unpaired) electrons. The lowest BCUT2D eigenvalue weighted by molar-refractivity contribution is -0.137. The fraction of sp³-hybridized carbons (Fsp3) is 0.0435. The molecule has 0 atom stereocenters. The molecule has 166 valence electrons. The smallest absolute Gasteiger partial charge is 0.267 e. The molecule has 0 aliphatic heterocycles. The van der Waals surface area contributed by atoms with Crippen molar-refractivity contribution >= 4 is 11.8 Å². The zero-order valence-electron chi connectivity index (χ0n) is 16.9. The number of aromatic nitrogens is 3. The lowest BCUT2D eigenvalue weighted by atomic mass is 10.1. The van der Waals surface area contributed by atoms with Gasteiger partial charge in [-0.1, -0.05) is 60.7 Å². The molecule has 0 unspecified atom stereocenters. The van der Waals surface area contributed by atoms with Gasteiger partial charge in [-0.15, -0.1) is 5.10 Å². The van der Waals surface area contributed by atoms with Crippen LogP contribution >= 0.6 is 0 Å². The molecule has 0 spiro atoms. The fourth-order valence-electron chi connectivity index (χ4n) is 3.10. The first-order valence-electron chi connectivity index (χ1n) is 9.69. The van der Waals surface area contributed by atoms with Gasteiger partial charge in [-0.2, -0.15) is 13.2 Å². The van der Waals surface area contributed by atoms with Gasteiger partial charge in [0.25, 0.3) is 5.91 Å². The second kappa shape index (κ2) is 8.95. The summed E-state index contributed by atoms with van der Waals surface area (Å²) in [5, 5.41) is 4.23. The Kier molecular flexibility index (Phi) is 5.90. The Hall–Kier alpha value is -4.47. The molecule has 0 aliphatic rings. The third-order valence-electron chi connectivity index (χ3n) is 4.61.